The quantitative estimate of drug-likeness (QED) is 0.327. The number of nitro benzene ring substituents is 2. The van der Waals surface area contributed by atoms with Gasteiger partial charge in [-0.2, -0.15) is 0 Å². The summed E-state index contributed by atoms with van der Waals surface area (Å²) in [5.41, 5.74) is 4.02. The van der Waals surface area contributed by atoms with Crippen molar-refractivity contribution in [2.75, 3.05) is 0 Å². The van der Waals surface area contributed by atoms with Crippen LogP contribution in [0, 0.1) is 34.1 Å². The number of aryl methyl sites for hydroxylation is 2. The lowest BCUT2D eigenvalue weighted by Gasteiger charge is -2.02. The van der Waals surface area contributed by atoms with Crippen LogP contribution in [0.2, 0.25) is 0 Å². The van der Waals surface area contributed by atoms with Crippen LogP contribution in [-0.2, 0) is 7.05 Å². The molecule has 1 aromatic heterocycles. The standard InChI is InChI=1S/C21H19N5O4/c1-14-6-15(2)8-16(7-14)22-12-18-4-5-19(24(18)3)13-23-17-9-20(25(27)28)11-21(10-17)26(29)30/h4-13H,1-3H3. The van der Waals surface area contributed by atoms with Gasteiger partial charge in [-0.05, 0) is 49.2 Å². The van der Waals surface area contributed by atoms with Crippen LogP contribution >= 0.6 is 0 Å². The van der Waals surface area contributed by atoms with E-state index in [2.05, 4.69) is 16.1 Å². The van der Waals surface area contributed by atoms with Gasteiger partial charge in [0.05, 0.1) is 51.1 Å². The SMILES string of the molecule is Cc1cc(C)cc(N=Cc2ccc(C=Nc3cc([N+](=O)[O-])cc([N+](=O)[O-])c3)n2C)c1. The van der Waals surface area contributed by atoms with E-state index in [0.717, 1.165) is 28.6 Å². The van der Waals surface area contributed by atoms with Crippen molar-refractivity contribution in [2.24, 2.45) is 17.0 Å². The maximum Gasteiger partial charge on any atom is 0.278 e. The van der Waals surface area contributed by atoms with Gasteiger partial charge in [0, 0.05) is 19.2 Å². The maximum atomic E-state index is 11.0. The molecular formula is C21H19N5O4. The molecule has 0 saturated heterocycles. The van der Waals surface area contributed by atoms with Gasteiger partial charge in [-0.25, -0.2) is 0 Å². The Morgan fingerprint density at radius 1 is 0.767 bits per heavy atom. The van der Waals surface area contributed by atoms with Crippen LogP contribution in [0.4, 0.5) is 22.7 Å². The summed E-state index contributed by atoms with van der Waals surface area (Å²) in [6.45, 7) is 4.03. The molecule has 3 aromatic rings. The number of nitro groups is 2. The molecule has 0 unspecified atom stereocenters. The second-order valence-corrected chi connectivity index (χ2v) is 6.83. The van der Waals surface area contributed by atoms with Gasteiger partial charge in [0.25, 0.3) is 11.4 Å². The molecule has 0 amide bonds. The molecular weight excluding hydrogens is 386 g/mol. The summed E-state index contributed by atoms with van der Waals surface area (Å²) in [7, 11) is 1.83. The van der Waals surface area contributed by atoms with E-state index in [1.807, 2.05) is 49.7 Å². The Kier molecular flexibility index (Phi) is 5.82. The Hall–Kier alpha value is -4.14. The van der Waals surface area contributed by atoms with E-state index in [-0.39, 0.29) is 17.1 Å². The van der Waals surface area contributed by atoms with Crippen LogP contribution < -0.4 is 0 Å². The zero-order valence-corrected chi connectivity index (χ0v) is 16.6. The van der Waals surface area contributed by atoms with E-state index in [1.54, 1.807) is 6.21 Å². The second-order valence-electron chi connectivity index (χ2n) is 6.83. The summed E-state index contributed by atoms with van der Waals surface area (Å²) < 4.78 is 1.85. The molecule has 0 radical (unpaired) electrons. The minimum absolute atomic E-state index is 0.127. The fourth-order valence-corrected chi connectivity index (χ4v) is 2.97. The molecule has 3 rings (SSSR count). The molecule has 2 aromatic carbocycles. The molecule has 1 heterocycles. The number of hydrogen-bond acceptors (Lipinski definition) is 6. The maximum absolute atomic E-state index is 11.0. The van der Waals surface area contributed by atoms with Gasteiger partial charge < -0.3 is 4.57 Å². The van der Waals surface area contributed by atoms with E-state index in [4.69, 9.17) is 0 Å². The van der Waals surface area contributed by atoms with Crippen molar-refractivity contribution in [3.8, 4) is 0 Å². The fourth-order valence-electron chi connectivity index (χ4n) is 2.97. The number of hydrogen-bond donors (Lipinski definition) is 0. The first-order valence-corrected chi connectivity index (χ1v) is 8.99. The highest BCUT2D eigenvalue weighted by Gasteiger charge is 2.16. The zero-order chi connectivity index (χ0) is 21.8. The largest absolute Gasteiger partial charge is 0.342 e. The fraction of sp³-hybridized carbons (Fsp3) is 0.143. The molecule has 152 valence electrons. The van der Waals surface area contributed by atoms with Crippen LogP contribution in [0.3, 0.4) is 0 Å². The van der Waals surface area contributed by atoms with Gasteiger partial charge in [-0.15, -0.1) is 0 Å². The summed E-state index contributed by atoms with van der Waals surface area (Å²) >= 11 is 0. The molecule has 0 atom stereocenters. The molecule has 0 bridgehead atoms. The monoisotopic (exact) mass is 405 g/mol. The first-order valence-electron chi connectivity index (χ1n) is 8.99. The molecule has 0 aliphatic rings. The predicted octanol–water partition coefficient (Wildman–Crippen LogP) is 4.96. The lowest BCUT2D eigenvalue weighted by molar-refractivity contribution is -0.394. The minimum Gasteiger partial charge on any atom is -0.342 e. The average Bonchev–Trinajstić information content (AvgIpc) is 3.03. The molecule has 0 aliphatic heterocycles. The Balaban J connectivity index is 1.86. The van der Waals surface area contributed by atoms with Crippen LogP contribution in [0.15, 0.2) is 58.5 Å². The normalized spacial score (nSPS) is 11.4. The lowest BCUT2D eigenvalue weighted by Crippen LogP contribution is -1.99. The van der Waals surface area contributed by atoms with Crippen molar-refractivity contribution >= 4 is 35.2 Å². The van der Waals surface area contributed by atoms with Crippen molar-refractivity contribution in [2.45, 2.75) is 13.8 Å². The molecule has 0 spiro atoms. The zero-order valence-electron chi connectivity index (χ0n) is 16.6. The minimum atomic E-state index is -0.684. The molecule has 0 fully saturated rings. The van der Waals surface area contributed by atoms with E-state index in [9.17, 15) is 20.2 Å². The summed E-state index contributed by atoms with van der Waals surface area (Å²) in [6.07, 6.45) is 3.24. The van der Waals surface area contributed by atoms with Crippen molar-refractivity contribution in [3.63, 3.8) is 0 Å². The Morgan fingerprint density at radius 3 is 1.63 bits per heavy atom. The third kappa shape index (κ3) is 4.82. The second kappa shape index (κ2) is 8.48. The summed E-state index contributed by atoms with van der Waals surface area (Å²) in [6, 6.07) is 13.0. The third-order valence-corrected chi connectivity index (χ3v) is 4.41. The van der Waals surface area contributed by atoms with Crippen molar-refractivity contribution < 1.29 is 9.85 Å². The molecule has 9 heteroatoms. The van der Waals surface area contributed by atoms with E-state index in [1.165, 1.54) is 18.3 Å². The number of aromatic nitrogens is 1. The van der Waals surface area contributed by atoms with Crippen LogP contribution in [-0.4, -0.2) is 26.8 Å². The average molecular weight is 405 g/mol. The molecule has 9 nitrogen and oxygen atoms in total. The van der Waals surface area contributed by atoms with Gasteiger partial charge >= 0.3 is 0 Å². The molecule has 0 aliphatic carbocycles. The highest BCUT2D eigenvalue weighted by atomic mass is 16.6. The Labute approximate surface area is 172 Å². The topological polar surface area (TPSA) is 116 Å². The van der Waals surface area contributed by atoms with Gasteiger partial charge in [0.1, 0.15) is 0 Å². The number of benzene rings is 2. The van der Waals surface area contributed by atoms with Gasteiger partial charge in [-0.3, -0.25) is 30.2 Å². The number of nitrogens with zero attached hydrogens (tertiary/aromatic N) is 5. The van der Waals surface area contributed by atoms with Crippen LogP contribution in [0.5, 0.6) is 0 Å². The highest BCUT2D eigenvalue weighted by Crippen LogP contribution is 2.27. The molecule has 0 N–H and O–H groups in total. The smallest absolute Gasteiger partial charge is 0.278 e. The van der Waals surface area contributed by atoms with E-state index in [0.29, 0.717) is 5.69 Å². The van der Waals surface area contributed by atoms with E-state index < -0.39 is 9.85 Å². The van der Waals surface area contributed by atoms with Crippen molar-refractivity contribution in [1.29, 1.82) is 0 Å². The third-order valence-electron chi connectivity index (χ3n) is 4.41. The van der Waals surface area contributed by atoms with Gasteiger partial charge in [0.2, 0.25) is 0 Å². The lowest BCUT2D eigenvalue weighted by atomic mass is 10.1. The first-order chi connectivity index (χ1) is 14.2. The van der Waals surface area contributed by atoms with Gasteiger partial charge in [-0.1, -0.05) is 6.07 Å². The van der Waals surface area contributed by atoms with Crippen LogP contribution in [0.1, 0.15) is 22.5 Å². The van der Waals surface area contributed by atoms with E-state index >= 15 is 0 Å². The first kappa shape index (κ1) is 20.6. The highest BCUT2D eigenvalue weighted by molar-refractivity contribution is 5.86. The number of rotatable bonds is 6. The number of aliphatic imine (C=N–C) groups is 2. The summed E-state index contributed by atoms with van der Waals surface area (Å²) in [5.74, 6) is 0. The molecule has 0 saturated carbocycles. The predicted molar refractivity (Wildman–Crippen MR) is 116 cm³/mol. The summed E-state index contributed by atoms with van der Waals surface area (Å²) in [4.78, 5) is 29.3. The van der Waals surface area contributed by atoms with Crippen molar-refractivity contribution in [3.05, 3.63) is 91.3 Å². The Bertz CT molecular complexity index is 1140. The number of non-ortho nitro benzene ring substituents is 2. The van der Waals surface area contributed by atoms with Crippen LogP contribution in [0.25, 0.3) is 0 Å². The van der Waals surface area contributed by atoms with Gasteiger partial charge in [0.15, 0.2) is 0 Å². The van der Waals surface area contributed by atoms with Crippen molar-refractivity contribution in [1.82, 2.24) is 4.57 Å². The molecule has 30 heavy (non-hydrogen) atoms. The summed E-state index contributed by atoms with van der Waals surface area (Å²) in [5, 5.41) is 22.0. The Morgan fingerprint density at radius 2 is 1.20 bits per heavy atom.